The summed E-state index contributed by atoms with van der Waals surface area (Å²) in [6, 6.07) is 10.6. The highest BCUT2D eigenvalue weighted by Gasteiger charge is 2.36. The van der Waals surface area contributed by atoms with Crippen LogP contribution in [0.5, 0.6) is 0 Å². The molecular formula is C22H27NO2S2. The Labute approximate surface area is 169 Å². The number of aliphatic hydroxyl groups excluding tert-OH is 1. The van der Waals surface area contributed by atoms with E-state index in [0.717, 1.165) is 31.2 Å². The second-order valence-corrected chi connectivity index (χ2v) is 10.5. The summed E-state index contributed by atoms with van der Waals surface area (Å²) >= 11 is 3.53. The Hall–Kier alpha value is -1.14. The molecule has 5 heteroatoms. The maximum absolute atomic E-state index is 12.7. The molecule has 1 saturated carbocycles. The normalized spacial score (nSPS) is 27.7. The number of nitrogens with one attached hydrogen (secondary N) is 1. The van der Waals surface area contributed by atoms with Crippen molar-refractivity contribution in [3.05, 3.63) is 51.2 Å². The molecular weight excluding hydrogens is 374 g/mol. The summed E-state index contributed by atoms with van der Waals surface area (Å²) in [5, 5.41) is 14.5. The fourth-order valence-electron chi connectivity index (χ4n) is 4.19. The Balaban J connectivity index is 1.31. The standard InChI is InChI=1S/C22H27NO2S2/c1-13-3-6-16(7-4-13)27-20-10-8-18(22(20)25)23-12-15-5-9-19-17(21(15)24)11-14(2)26-19/h3-4,6-7,11,15,18,20,22-23,25H,5,8-10,12H2,1-2H3. The summed E-state index contributed by atoms with van der Waals surface area (Å²) in [5.41, 5.74) is 2.20. The van der Waals surface area contributed by atoms with Crippen LogP contribution in [0.15, 0.2) is 35.2 Å². The van der Waals surface area contributed by atoms with Crippen LogP contribution in [0, 0.1) is 19.8 Å². The molecule has 144 valence electrons. The van der Waals surface area contributed by atoms with E-state index in [4.69, 9.17) is 0 Å². The molecule has 27 heavy (non-hydrogen) atoms. The quantitative estimate of drug-likeness (QED) is 0.780. The largest absolute Gasteiger partial charge is 0.390 e. The zero-order valence-electron chi connectivity index (χ0n) is 15.9. The molecule has 1 heterocycles. The molecule has 0 spiro atoms. The number of thioether (sulfide) groups is 1. The summed E-state index contributed by atoms with van der Waals surface area (Å²) in [4.78, 5) is 16.4. The first-order chi connectivity index (χ1) is 13.0. The Kier molecular flexibility index (Phi) is 5.74. The number of Topliss-reactive ketones (excluding diaryl/α,β-unsaturated/α-hetero) is 1. The predicted octanol–water partition coefficient (Wildman–Crippen LogP) is 4.38. The van der Waals surface area contributed by atoms with Crippen LogP contribution in [0.1, 0.15) is 44.9 Å². The van der Waals surface area contributed by atoms with Gasteiger partial charge in [-0.2, -0.15) is 0 Å². The molecule has 0 amide bonds. The monoisotopic (exact) mass is 401 g/mol. The topological polar surface area (TPSA) is 49.3 Å². The van der Waals surface area contributed by atoms with Crippen LogP contribution in [0.3, 0.4) is 0 Å². The zero-order valence-corrected chi connectivity index (χ0v) is 17.5. The molecule has 1 aromatic heterocycles. The van der Waals surface area contributed by atoms with Gasteiger partial charge in [-0.25, -0.2) is 0 Å². The highest BCUT2D eigenvalue weighted by molar-refractivity contribution is 8.00. The minimum absolute atomic E-state index is 0.0440. The second kappa shape index (κ2) is 8.08. The summed E-state index contributed by atoms with van der Waals surface area (Å²) in [6.45, 7) is 4.84. The molecule has 4 atom stereocenters. The third kappa shape index (κ3) is 4.16. The van der Waals surface area contributed by atoms with E-state index >= 15 is 0 Å². The molecule has 2 aromatic rings. The van der Waals surface area contributed by atoms with Gasteiger partial charge >= 0.3 is 0 Å². The number of rotatable bonds is 5. The van der Waals surface area contributed by atoms with E-state index in [0.29, 0.717) is 6.54 Å². The smallest absolute Gasteiger partial charge is 0.168 e. The van der Waals surface area contributed by atoms with Crippen molar-refractivity contribution in [3.8, 4) is 0 Å². The van der Waals surface area contributed by atoms with E-state index in [-0.39, 0.29) is 29.1 Å². The molecule has 0 radical (unpaired) electrons. The lowest BCUT2D eigenvalue weighted by atomic mass is 9.87. The van der Waals surface area contributed by atoms with Gasteiger partial charge in [0.05, 0.1) is 6.10 Å². The van der Waals surface area contributed by atoms with Gasteiger partial charge in [-0.15, -0.1) is 23.1 Å². The first-order valence-corrected chi connectivity index (χ1v) is 11.5. The molecule has 0 bridgehead atoms. The molecule has 0 saturated heterocycles. The van der Waals surface area contributed by atoms with Crippen molar-refractivity contribution in [3.63, 3.8) is 0 Å². The Morgan fingerprint density at radius 1 is 1.19 bits per heavy atom. The van der Waals surface area contributed by atoms with Crippen LogP contribution < -0.4 is 5.32 Å². The number of aryl methyl sites for hydroxylation is 3. The van der Waals surface area contributed by atoms with E-state index in [1.165, 1.54) is 20.2 Å². The van der Waals surface area contributed by atoms with Crippen molar-refractivity contribution < 1.29 is 9.90 Å². The first-order valence-electron chi connectivity index (χ1n) is 9.79. The van der Waals surface area contributed by atoms with Gasteiger partial charge in [0.2, 0.25) is 0 Å². The highest BCUT2D eigenvalue weighted by atomic mass is 32.2. The van der Waals surface area contributed by atoms with E-state index < -0.39 is 0 Å². The van der Waals surface area contributed by atoms with Gasteiger partial charge in [0.1, 0.15) is 0 Å². The maximum atomic E-state index is 12.7. The molecule has 0 aliphatic heterocycles. The molecule has 1 fully saturated rings. The third-order valence-electron chi connectivity index (χ3n) is 5.78. The molecule has 2 N–H and O–H groups in total. The van der Waals surface area contributed by atoms with Crippen LogP contribution in [0.2, 0.25) is 0 Å². The van der Waals surface area contributed by atoms with Gasteiger partial charge in [-0.1, -0.05) is 17.7 Å². The molecule has 4 unspecified atom stereocenters. The summed E-state index contributed by atoms with van der Waals surface area (Å²) in [7, 11) is 0. The number of hydrogen-bond acceptors (Lipinski definition) is 5. The third-order valence-corrected chi connectivity index (χ3v) is 8.25. The number of carbonyl (C=O) groups excluding carboxylic acids is 1. The van der Waals surface area contributed by atoms with E-state index in [9.17, 15) is 9.90 Å². The van der Waals surface area contributed by atoms with Gasteiger partial charge < -0.3 is 10.4 Å². The SMILES string of the molecule is Cc1ccc(SC2CCC(NCC3CCc4sc(C)cc4C3=O)C2O)cc1. The second-order valence-electron chi connectivity index (χ2n) is 7.85. The van der Waals surface area contributed by atoms with E-state index in [2.05, 4.69) is 43.4 Å². The average molecular weight is 402 g/mol. The van der Waals surface area contributed by atoms with Crippen molar-refractivity contribution in [2.24, 2.45) is 5.92 Å². The van der Waals surface area contributed by atoms with Gasteiger partial charge in [0.25, 0.3) is 0 Å². The minimum atomic E-state index is -0.367. The summed E-state index contributed by atoms with van der Waals surface area (Å²) in [6.07, 6.45) is 3.53. The van der Waals surface area contributed by atoms with Crippen molar-refractivity contribution >= 4 is 28.9 Å². The van der Waals surface area contributed by atoms with Crippen molar-refractivity contribution in [1.29, 1.82) is 0 Å². The van der Waals surface area contributed by atoms with Crippen molar-refractivity contribution in [1.82, 2.24) is 5.32 Å². The summed E-state index contributed by atoms with van der Waals surface area (Å²) < 4.78 is 0. The maximum Gasteiger partial charge on any atom is 0.168 e. The highest BCUT2D eigenvalue weighted by Crippen LogP contribution is 2.36. The van der Waals surface area contributed by atoms with Gasteiger partial charge in [0.15, 0.2) is 5.78 Å². The molecule has 2 aliphatic carbocycles. The lowest BCUT2D eigenvalue weighted by Crippen LogP contribution is -2.43. The van der Waals surface area contributed by atoms with Crippen LogP contribution in [0.25, 0.3) is 0 Å². The molecule has 2 aliphatic rings. The Morgan fingerprint density at radius 2 is 1.96 bits per heavy atom. The van der Waals surface area contributed by atoms with E-state index in [1.54, 1.807) is 23.1 Å². The number of benzene rings is 1. The zero-order chi connectivity index (χ0) is 19.0. The van der Waals surface area contributed by atoms with Crippen molar-refractivity contribution in [2.45, 2.75) is 61.8 Å². The van der Waals surface area contributed by atoms with Crippen LogP contribution in [0.4, 0.5) is 0 Å². The summed E-state index contributed by atoms with van der Waals surface area (Å²) in [5.74, 6) is 0.327. The fraction of sp³-hybridized carbons (Fsp3) is 0.500. The molecule has 3 nitrogen and oxygen atoms in total. The van der Waals surface area contributed by atoms with Crippen LogP contribution in [-0.4, -0.2) is 34.8 Å². The number of aliphatic hydroxyl groups is 1. The predicted molar refractivity (Wildman–Crippen MR) is 113 cm³/mol. The first kappa shape index (κ1) is 19.2. The number of fused-ring (bicyclic) bond motifs is 1. The number of carbonyl (C=O) groups is 1. The molecule has 4 rings (SSSR count). The van der Waals surface area contributed by atoms with Gasteiger partial charge in [-0.05, 0) is 57.7 Å². The lowest BCUT2D eigenvalue weighted by molar-refractivity contribution is 0.0889. The van der Waals surface area contributed by atoms with Crippen LogP contribution in [-0.2, 0) is 6.42 Å². The number of thiophene rings is 1. The minimum Gasteiger partial charge on any atom is -0.390 e. The van der Waals surface area contributed by atoms with E-state index in [1.807, 2.05) is 6.07 Å². The lowest BCUT2D eigenvalue weighted by Gasteiger charge is -2.25. The number of hydrogen-bond donors (Lipinski definition) is 2. The van der Waals surface area contributed by atoms with Gasteiger partial charge in [-0.3, -0.25) is 4.79 Å². The molecule has 1 aromatic carbocycles. The van der Waals surface area contributed by atoms with Gasteiger partial charge in [0, 0.05) is 44.0 Å². The van der Waals surface area contributed by atoms with Crippen molar-refractivity contribution in [2.75, 3.05) is 6.54 Å². The van der Waals surface area contributed by atoms with Crippen LogP contribution >= 0.6 is 23.1 Å². The fourth-order valence-corrected chi connectivity index (χ4v) is 6.47. The Morgan fingerprint density at radius 3 is 2.74 bits per heavy atom. The Bertz CT molecular complexity index is 814. The average Bonchev–Trinajstić information content (AvgIpc) is 3.20. The number of ketones is 1.